The SMILES string of the molecule is C=C(C)/C=C(\C=C(/C)Cc1cc(C(C)(C)C)ccn1)C(CC)CCC. The maximum Gasteiger partial charge on any atom is 0.0446 e. The second-order valence-electron chi connectivity index (χ2n) is 8.34. The highest BCUT2D eigenvalue weighted by molar-refractivity contribution is 5.34. The van der Waals surface area contributed by atoms with Crippen molar-refractivity contribution in [3.05, 3.63) is 65.0 Å². The molecule has 1 aromatic heterocycles. The summed E-state index contributed by atoms with van der Waals surface area (Å²) >= 11 is 0. The average Bonchev–Trinajstić information content (AvgIpc) is 2.51. The fourth-order valence-corrected chi connectivity index (χ4v) is 3.18. The van der Waals surface area contributed by atoms with Crippen LogP contribution >= 0.6 is 0 Å². The van der Waals surface area contributed by atoms with Crippen LogP contribution in [0.4, 0.5) is 0 Å². The van der Waals surface area contributed by atoms with E-state index in [0.717, 1.165) is 17.7 Å². The quantitative estimate of drug-likeness (QED) is 0.456. The summed E-state index contributed by atoms with van der Waals surface area (Å²) in [4.78, 5) is 4.58. The molecule has 0 aliphatic rings. The van der Waals surface area contributed by atoms with Crippen LogP contribution in [0.3, 0.4) is 0 Å². The van der Waals surface area contributed by atoms with Gasteiger partial charge < -0.3 is 0 Å². The molecule has 25 heavy (non-hydrogen) atoms. The lowest BCUT2D eigenvalue weighted by atomic mass is 9.86. The van der Waals surface area contributed by atoms with Crippen LogP contribution in [-0.2, 0) is 11.8 Å². The second kappa shape index (κ2) is 9.75. The summed E-state index contributed by atoms with van der Waals surface area (Å²) in [5.41, 5.74) is 6.57. The molecule has 0 amide bonds. The normalized spacial score (nSPS) is 14.5. The van der Waals surface area contributed by atoms with Crippen molar-refractivity contribution in [2.75, 3.05) is 0 Å². The van der Waals surface area contributed by atoms with E-state index in [2.05, 4.69) is 84.3 Å². The van der Waals surface area contributed by atoms with Gasteiger partial charge >= 0.3 is 0 Å². The van der Waals surface area contributed by atoms with Crippen molar-refractivity contribution >= 4 is 0 Å². The molecule has 1 heterocycles. The summed E-state index contributed by atoms with van der Waals surface area (Å²) in [7, 11) is 0. The van der Waals surface area contributed by atoms with Crippen molar-refractivity contribution in [3.8, 4) is 0 Å². The zero-order chi connectivity index (χ0) is 19.0. The van der Waals surface area contributed by atoms with E-state index in [-0.39, 0.29) is 5.41 Å². The minimum Gasteiger partial charge on any atom is -0.261 e. The van der Waals surface area contributed by atoms with Gasteiger partial charge in [0.15, 0.2) is 0 Å². The smallest absolute Gasteiger partial charge is 0.0446 e. The van der Waals surface area contributed by atoms with Gasteiger partial charge in [-0.2, -0.15) is 0 Å². The molecule has 1 atom stereocenters. The lowest BCUT2D eigenvalue weighted by Gasteiger charge is -2.20. The van der Waals surface area contributed by atoms with Gasteiger partial charge in [-0.05, 0) is 61.3 Å². The average molecular weight is 340 g/mol. The van der Waals surface area contributed by atoms with Crippen molar-refractivity contribution < 1.29 is 0 Å². The number of allylic oxidation sites excluding steroid dienone is 5. The number of hydrogen-bond acceptors (Lipinski definition) is 1. The molecule has 0 aliphatic carbocycles. The summed E-state index contributed by atoms with van der Waals surface area (Å²) in [5, 5.41) is 0. The summed E-state index contributed by atoms with van der Waals surface area (Å²) < 4.78 is 0. The Bertz CT molecular complexity index is 626. The van der Waals surface area contributed by atoms with Crippen LogP contribution in [0.1, 0.15) is 79.0 Å². The minimum atomic E-state index is 0.161. The molecule has 0 spiro atoms. The predicted molar refractivity (Wildman–Crippen MR) is 112 cm³/mol. The highest BCUT2D eigenvalue weighted by Crippen LogP contribution is 2.26. The van der Waals surface area contributed by atoms with E-state index in [1.807, 2.05) is 6.20 Å². The Hall–Kier alpha value is -1.63. The number of aromatic nitrogens is 1. The van der Waals surface area contributed by atoms with Gasteiger partial charge in [0.25, 0.3) is 0 Å². The Morgan fingerprint density at radius 3 is 2.40 bits per heavy atom. The number of rotatable bonds is 8. The summed E-state index contributed by atoms with van der Waals surface area (Å²) in [6, 6.07) is 4.38. The Morgan fingerprint density at radius 2 is 1.88 bits per heavy atom. The fourth-order valence-electron chi connectivity index (χ4n) is 3.18. The molecule has 0 aliphatic heterocycles. The molecule has 0 saturated heterocycles. The van der Waals surface area contributed by atoms with Crippen molar-refractivity contribution in [2.45, 2.75) is 79.6 Å². The zero-order valence-electron chi connectivity index (χ0n) is 17.4. The fraction of sp³-hybridized carbons (Fsp3) is 0.542. The molecule has 1 rings (SSSR count). The molecular weight excluding hydrogens is 302 g/mol. The van der Waals surface area contributed by atoms with Crippen molar-refractivity contribution in [1.29, 1.82) is 0 Å². The Kier molecular flexibility index (Phi) is 8.35. The predicted octanol–water partition coefficient (Wildman–Crippen LogP) is 7.20. The largest absolute Gasteiger partial charge is 0.261 e. The van der Waals surface area contributed by atoms with Gasteiger partial charge in [-0.15, -0.1) is 0 Å². The molecule has 1 unspecified atom stereocenters. The van der Waals surface area contributed by atoms with E-state index in [0.29, 0.717) is 5.92 Å². The van der Waals surface area contributed by atoms with Crippen LogP contribution in [0.25, 0.3) is 0 Å². The van der Waals surface area contributed by atoms with Crippen LogP contribution < -0.4 is 0 Å². The lowest BCUT2D eigenvalue weighted by Crippen LogP contribution is -2.12. The van der Waals surface area contributed by atoms with Crippen LogP contribution in [0.15, 0.2) is 53.8 Å². The monoisotopic (exact) mass is 339 g/mol. The van der Waals surface area contributed by atoms with Gasteiger partial charge in [0.1, 0.15) is 0 Å². The molecule has 0 fully saturated rings. The molecule has 138 valence electrons. The highest BCUT2D eigenvalue weighted by Gasteiger charge is 2.14. The number of pyridine rings is 1. The zero-order valence-corrected chi connectivity index (χ0v) is 17.4. The third kappa shape index (κ3) is 7.42. The molecule has 0 saturated carbocycles. The molecule has 1 heteroatoms. The summed E-state index contributed by atoms with van der Waals surface area (Å²) in [5.74, 6) is 0.616. The molecular formula is C24H37N. The second-order valence-corrected chi connectivity index (χ2v) is 8.34. The maximum atomic E-state index is 4.58. The van der Waals surface area contributed by atoms with Crippen molar-refractivity contribution in [1.82, 2.24) is 4.98 Å². The maximum absolute atomic E-state index is 4.58. The van der Waals surface area contributed by atoms with Crippen LogP contribution in [0, 0.1) is 5.92 Å². The third-order valence-electron chi connectivity index (χ3n) is 4.57. The highest BCUT2D eigenvalue weighted by atomic mass is 14.7. The molecule has 0 bridgehead atoms. The van der Waals surface area contributed by atoms with E-state index in [1.54, 1.807) is 0 Å². The van der Waals surface area contributed by atoms with Gasteiger partial charge in [0.2, 0.25) is 0 Å². The molecule has 0 radical (unpaired) electrons. The number of hydrogen-bond donors (Lipinski definition) is 0. The van der Waals surface area contributed by atoms with Crippen LogP contribution in [-0.4, -0.2) is 4.98 Å². The van der Waals surface area contributed by atoms with Gasteiger partial charge in [0, 0.05) is 18.3 Å². The van der Waals surface area contributed by atoms with Crippen LogP contribution in [0.5, 0.6) is 0 Å². The Morgan fingerprint density at radius 1 is 1.20 bits per heavy atom. The molecule has 0 aromatic carbocycles. The topological polar surface area (TPSA) is 12.9 Å². The Balaban J connectivity index is 3.06. The van der Waals surface area contributed by atoms with E-state index in [4.69, 9.17) is 0 Å². The van der Waals surface area contributed by atoms with Gasteiger partial charge in [-0.25, -0.2) is 0 Å². The summed E-state index contributed by atoms with van der Waals surface area (Å²) in [6.45, 7) is 19.7. The number of nitrogens with zero attached hydrogens (tertiary/aromatic N) is 1. The minimum absolute atomic E-state index is 0.161. The molecule has 1 nitrogen and oxygen atoms in total. The van der Waals surface area contributed by atoms with Gasteiger partial charge in [-0.1, -0.05) is 70.9 Å². The van der Waals surface area contributed by atoms with Crippen molar-refractivity contribution in [2.24, 2.45) is 5.92 Å². The molecule has 0 N–H and O–H groups in total. The Labute approximate surface area is 156 Å². The summed E-state index contributed by atoms with van der Waals surface area (Å²) in [6.07, 6.45) is 11.1. The first-order valence-corrected chi connectivity index (χ1v) is 9.67. The first kappa shape index (κ1) is 21.4. The van der Waals surface area contributed by atoms with Crippen molar-refractivity contribution in [3.63, 3.8) is 0 Å². The van der Waals surface area contributed by atoms with Crippen LogP contribution in [0.2, 0.25) is 0 Å². The van der Waals surface area contributed by atoms with E-state index in [1.165, 1.54) is 36.0 Å². The van der Waals surface area contributed by atoms with Gasteiger partial charge in [0.05, 0.1) is 0 Å². The first-order chi connectivity index (χ1) is 11.7. The third-order valence-corrected chi connectivity index (χ3v) is 4.57. The van der Waals surface area contributed by atoms with E-state index < -0.39 is 0 Å². The van der Waals surface area contributed by atoms with Gasteiger partial charge in [-0.3, -0.25) is 4.98 Å². The lowest BCUT2D eigenvalue weighted by molar-refractivity contribution is 0.543. The first-order valence-electron chi connectivity index (χ1n) is 9.67. The standard InChI is InChI=1S/C24H37N/c1-9-11-20(10-2)21(14-18(3)4)15-19(5)16-23-17-22(12-13-25-23)24(6,7)8/h12-15,17,20H,3,9-11,16H2,1-2,4-8H3/b19-15+,21-14+. The molecule has 1 aromatic rings. The van der Waals surface area contributed by atoms with E-state index in [9.17, 15) is 0 Å². The van der Waals surface area contributed by atoms with E-state index >= 15 is 0 Å².